The Hall–Kier alpha value is -0.910. The zero-order valence-electron chi connectivity index (χ0n) is 13.9. The predicted molar refractivity (Wildman–Crippen MR) is 91.1 cm³/mol. The molecule has 1 atom stereocenters. The number of imidazole rings is 1. The molecule has 1 unspecified atom stereocenters. The lowest BCUT2D eigenvalue weighted by Gasteiger charge is -2.31. The second-order valence-electron chi connectivity index (χ2n) is 5.94. The minimum Gasteiger partial charge on any atom is -0.310 e. The molecular weight excluding hydrogens is 280 g/mol. The maximum Gasteiger partial charge on any atom is 0.194 e. The molecule has 118 valence electrons. The first-order chi connectivity index (χ1) is 10.1. The van der Waals surface area contributed by atoms with E-state index >= 15 is 0 Å². The third-order valence-electron chi connectivity index (χ3n) is 4.46. The van der Waals surface area contributed by atoms with Crippen LogP contribution in [0.2, 0.25) is 0 Å². The highest BCUT2D eigenvalue weighted by molar-refractivity contribution is 7.15. The molecular formula is C16H28N4S. The summed E-state index contributed by atoms with van der Waals surface area (Å²) in [6.07, 6.45) is 4.59. The summed E-state index contributed by atoms with van der Waals surface area (Å²) < 4.78 is 2.20. The van der Waals surface area contributed by atoms with Gasteiger partial charge in [-0.15, -0.1) is 11.3 Å². The number of nitrogens with zero attached hydrogens (tertiary/aromatic N) is 3. The Kier molecular flexibility index (Phi) is 5.79. The highest BCUT2D eigenvalue weighted by Crippen LogP contribution is 2.18. The van der Waals surface area contributed by atoms with Gasteiger partial charge in [-0.3, -0.25) is 4.40 Å². The molecule has 4 nitrogen and oxygen atoms in total. The highest BCUT2D eigenvalue weighted by atomic mass is 32.1. The zero-order chi connectivity index (χ0) is 15.4. The van der Waals surface area contributed by atoms with Crippen LogP contribution in [0.4, 0.5) is 0 Å². The Morgan fingerprint density at radius 2 is 2.05 bits per heavy atom. The Bertz CT molecular complexity index is 554. The van der Waals surface area contributed by atoms with E-state index in [2.05, 4.69) is 66.0 Å². The molecule has 0 saturated heterocycles. The van der Waals surface area contributed by atoms with Crippen molar-refractivity contribution in [2.75, 3.05) is 20.6 Å². The fraction of sp³-hybridized carbons (Fsp3) is 0.688. The predicted octanol–water partition coefficient (Wildman–Crippen LogP) is 3.16. The van der Waals surface area contributed by atoms with Crippen molar-refractivity contribution in [2.45, 2.75) is 46.2 Å². The zero-order valence-corrected chi connectivity index (χ0v) is 14.7. The summed E-state index contributed by atoms with van der Waals surface area (Å²) in [6.45, 7) is 8.59. The average molecular weight is 308 g/mol. The maximum atomic E-state index is 4.60. The van der Waals surface area contributed by atoms with Crippen molar-refractivity contribution in [3.05, 3.63) is 23.0 Å². The molecule has 0 aliphatic rings. The van der Waals surface area contributed by atoms with E-state index in [1.54, 1.807) is 11.3 Å². The second kappa shape index (κ2) is 7.38. The smallest absolute Gasteiger partial charge is 0.194 e. The number of aromatic nitrogens is 2. The van der Waals surface area contributed by atoms with Gasteiger partial charge in [0.05, 0.1) is 11.4 Å². The van der Waals surface area contributed by atoms with Crippen LogP contribution in [0.1, 0.15) is 38.1 Å². The van der Waals surface area contributed by atoms with Crippen LogP contribution in [0.3, 0.4) is 0 Å². The number of likely N-dealkylation sites (N-methyl/N-ethyl adjacent to an activating group) is 1. The number of aryl methyl sites for hydroxylation is 1. The van der Waals surface area contributed by atoms with Crippen LogP contribution in [-0.2, 0) is 6.54 Å². The average Bonchev–Trinajstić information content (AvgIpc) is 3.00. The molecule has 0 radical (unpaired) electrons. The van der Waals surface area contributed by atoms with Gasteiger partial charge < -0.3 is 10.2 Å². The van der Waals surface area contributed by atoms with Crippen LogP contribution < -0.4 is 5.32 Å². The monoisotopic (exact) mass is 308 g/mol. The minimum atomic E-state index is 0.589. The van der Waals surface area contributed by atoms with E-state index in [-0.39, 0.29) is 0 Å². The molecule has 0 bridgehead atoms. The Morgan fingerprint density at radius 1 is 1.33 bits per heavy atom. The van der Waals surface area contributed by atoms with Gasteiger partial charge in [0.15, 0.2) is 4.96 Å². The van der Waals surface area contributed by atoms with Crippen molar-refractivity contribution >= 4 is 16.3 Å². The first-order valence-corrected chi connectivity index (χ1v) is 8.74. The van der Waals surface area contributed by atoms with Gasteiger partial charge in [0, 0.05) is 30.7 Å². The highest BCUT2D eigenvalue weighted by Gasteiger charge is 2.20. The summed E-state index contributed by atoms with van der Waals surface area (Å²) >= 11 is 1.69. The third-order valence-corrected chi connectivity index (χ3v) is 5.22. The SMILES string of the molecule is CCC(CC)C(CNCc1c(C)nc2sccn12)N(C)C. The van der Waals surface area contributed by atoms with E-state index in [4.69, 9.17) is 0 Å². The lowest BCUT2D eigenvalue weighted by Crippen LogP contribution is -2.43. The molecule has 2 rings (SSSR count). The van der Waals surface area contributed by atoms with Crippen LogP contribution in [-0.4, -0.2) is 41.0 Å². The molecule has 1 N–H and O–H groups in total. The number of hydrogen-bond acceptors (Lipinski definition) is 4. The summed E-state index contributed by atoms with van der Waals surface area (Å²) in [6, 6.07) is 0.589. The molecule has 0 saturated carbocycles. The quantitative estimate of drug-likeness (QED) is 0.813. The summed E-state index contributed by atoms with van der Waals surface area (Å²) in [4.78, 5) is 8.05. The molecule has 2 aromatic rings. The first-order valence-electron chi connectivity index (χ1n) is 7.86. The van der Waals surface area contributed by atoms with E-state index in [1.807, 2.05) is 0 Å². The standard InChI is InChI=1S/C16H28N4S/c1-6-13(7-2)15(19(4)5)11-17-10-14-12(3)18-16-20(14)8-9-21-16/h8-9,13,15,17H,6-7,10-11H2,1-5H3. The van der Waals surface area contributed by atoms with Crippen molar-refractivity contribution in [2.24, 2.45) is 5.92 Å². The van der Waals surface area contributed by atoms with Gasteiger partial charge >= 0.3 is 0 Å². The van der Waals surface area contributed by atoms with E-state index in [0.29, 0.717) is 6.04 Å². The van der Waals surface area contributed by atoms with Crippen molar-refractivity contribution < 1.29 is 0 Å². The molecule has 0 aromatic carbocycles. The van der Waals surface area contributed by atoms with Gasteiger partial charge in [-0.1, -0.05) is 26.7 Å². The Morgan fingerprint density at radius 3 is 2.67 bits per heavy atom. The largest absolute Gasteiger partial charge is 0.310 e. The van der Waals surface area contributed by atoms with Crippen molar-refractivity contribution in [3.8, 4) is 0 Å². The summed E-state index contributed by atoms with van der Waals surface area (Å²) in [5.41, 5.74) is 2.42. The van der Waals surface area contributed by atoms with Crippen LogP contribution in [0.15, 0.2) is 11.6 Å². The fourth-order valence-electron chi connectivity index (χ4n) is 3.10. The van der Waals surface area contributed by atoms with Gasteiger partial charge in [0.25, 0.3) is 0 Å². The molecule has 0 fully saturated rings. The van der Waals surface area contributed by atoms with Crippen LogP contribution in [0.5, 0.6) is 0 Å². The van der Waals surface area contributed by atoms with E-state index < -0.39 is 0 Å². The number of fused-ring (bicyclic) bond motifs is 1. The molecule has 0 spiro atoms. The second-order valence-corrected chi connectivity index (χ2v) is 6.81. The van der Waals surface area contributed by atoms with Crippen molar-refractivity contribution in [1.82, 2.24) is 19.6 Å². The number of thiazole rings is 1. The number of nitrogens with one attached hydrogen (secondary N) is 1. The summed E-state index contributed by atoms with van der Waals surface area (Å²) in [5.74, 6) is 0.750. The van der Waals surface area contributed by atoms with Crippen LogP contribution >= 0.6 is 11.3 Å². The van der Waals surface area contributed by atoms with E-state index in [9.17, 15) is 0 Å². The first kappa shape index (κ1) is 16.5. The number of hydrogen-bond donors (Lipinski definition) is 1. The molecule has 2 aromatic heterocycles. The van der Waals surface area contributed by atoms with Crippen LogP contribution in [0.25, 0.3) is 4.96 Å². The lowest BCUT2D eigenvalue weighted by molar-refractivity contribution is 0.193. The maximum absolute atomic E-state index is 4.60. The molecule has 0 amide bonds. The summed E-state index contributed by atoms with van der Waals surface area (Å²) in [7, 11) is 4.37. The van der Waals surface area contributed by atoms with Gasteiger partial charge in [0.2, 0.25) is 0 Å². The molecule has 5 heteroatoms. The lowest BCUT2D eigenvalue weighted by atomic mass is 9.93. The van der Waals surface area contributed by atoms with Gasteiger partial charge in [-0.25, -0.2) is 4.98 Å². The summed E-state index contributed by atoms with van der Waals surface area (Å²) in [5, 5.41) is 5.74. The topological polar surface area (TPSA) is 32.6 Å². The Balaban J connectivity index is 1.99. The number of rotatable bonds is 8. The van der Waals surface area contributed by atoms with Gasteiger partial charge in [-0.2, -0.15) is 0 Å². The van der Waals surface area contributed by atoms with E-state index in [0.717, 1.165) is 29.7 Å². The molecule has 21 heavy (non-hydrogen) atoms. The van der Waals surface area contributed by atoms with Crippen molar-refractivity contribution in [3.63, 3.8) is 0 Å². The third kappa shape index (κ3) is 3.65. The normalized spacial score (nSPS) is 13.7. The van der Waals surface area contributed by atoms with Gasteiger partial charge in [0.1, 0.15) is 0 Å². The van der Waals surface area contributed by atoms with E-state index in [1.165, 1.54) is 18.5 Å². The van der Waals surface area contributed by atoms with Gasteiger partial charge in [-0.05, 0) is 26.9 Å². The molecule has 0 aliphatic heterocycles. The van der Waals surface area contributed by atoms with Crippen LogP contribution in [0, 0.1) is 12.8 Å². The Labute approximate surface area is 132 Å². The molecule has 0 aliphatic carbocycles. The minimum absolute atomic E-state index is 0.589. The fourth-order valence-corrected chi connectivity index (χ4v) is 3.87. The van der Waals surface area contributed by atoms with Crippen molar-refractivity contribution in [1.29, 1.82) is 0 Å². The molecule has 2 heterocycles.